The van der Waals surface area contributed by atoms with E-state index in [9.17, 15) is 18.0 Å². The van der Waals surface area contributed by atoms with E-state index >= 15 is 0 Å². The van der Waals surface area contributed by atoms with Gasteiger partial charge >= 0.3 is 0 Å². The molecule has 37 heavy (non-hydrogen) atoms. The number of nitrogens with zero attached hydrogens (tertiary/aromatic N) is 2. The normalized spacial score (nSPS) is 11.4. The molecular formula is C26H28N4O6S. The minimum Gasteiger partial charge on any atom is -0.497 e. The van der Waals surface area contributed by atoms with Gasteiger partial charge in [-0.25, -0.2) is 13.8 Å². The lowest BCUT2D eigenvalue weighted by Crippen LogP contribution is -2.39. The maximum atomic E-state index is 12.6. The molecule has 2 N–H and O–H groups in total. The van der Waals surface area contributed by atoms with E-state index in [0.29, 0.717) is 28.3 Å². The zero-order valence-corrected chi connectivity index (χ0v) is 21.7. The summed E-state index contributed by atoms with van der Waals surface area (Å²) >= 11 is 0. The van der Waals surface area contributed by atoms with E-state index in [1.165, 1.54) is 20.3 Å². The number of anilines is 2. The average molecular weight is 525 g/mol. The Bertz CT molecular complexity index is 1390. The molecule has 2 amide bonds. The standard InChI is InChI=1S/C26H28N4O6S/c1-18(19-10-12-21(13-11-19)27-26(32)20-8-6-5-7-9-20)28-29-25(31)17-30(37(4,33)34)23-16-22(35-2)14-15-24(23)36-3/h5-16H,17H2,1-4H3,(H,27,32)(H,29,31)/b28-18-. The van der Waals surface area contributed by atoms with Crippen molar-refractivity contribution in [3.63, 3.8) is 0 Å². The van der Waals surface area contributed by atoms with E-state index in [-0.39, 0.29) is 17.3 Å². The van der Waals surface area contributed by atoms with E-state index in [2.05, 4.69) is 15.8 Å². The number of rotatable bonds is 10. The monoisotopic (exact) mass is 524 g/mol. The summed E-state index contributed by atoms with van der Waals surface area (Å²) in [5.41, 5.74) is 4.88. The van der Waals surface area contributed by atoms with Crippen molar-refractivity contribution in [1.82, 2.24) is 5.43 Å². The van der Waals surface area contributed by atoms with Gasteiger partial charge in [-0.3, -0.25) is 13.9 Å². The van der Waals surface area contributed by atoms with Crippen LogP contribution in [0.4, 0.5) is 11.4 Å². The lowest BCUT2D eigenvalue weighted by Gasteiger charge is -2.23. The molecule has 3 aromatic rings. The van der Waals surface area contributed by atoms with Crippen LogP contribution < -0.4 is 24.5 Å². The second kappa shape index (κ2) is 12.0. The van der Waals surface area contributed by atoms with Crippen molar-refractivity contribution in [2.45, 2.75) is 6.92 Å². The molecule has 0 aliphatic rings. The van der Waals surface area contributed by atoms with Gasteiger partial charge in [0.05, 0.1) is 31.9 Å². The number of hydrogen-bond acceptors (Lipinski definition) is 7. The van der Waals surface area contributed by atoms with Crippen LogP contribution in [0.5, 0.6) is 11.5 Å². The maximum Gasteiger partial charge on any atom is 0.260 e. The number of nitrogens with one attached hydrogen (secondary N) is 2. The highest BCUT2D eigenvalue weighted by Crippen LogP contribution is 2.33. The highest BCUT2D eigenvalue weighted by Gasteiger charge is 2.24. The summed E-state index contributed by atoms with van der Waals surface area (Å²) in [6, 6.07) is 20.4. The molecule has 0 saturated heterocycles. The summed E-state index contributed by atoms with van der Waals surface area (Å²) < 4.78 is 36.3. The van der Waals surface area contributed by atoms with E-state index < -0.39 is 22.5 Å². The molecule has 0 bridgehead atoms. The molecule has 11 heteroatoms. The number of hydrogen-bond donors (Lipinski definition) is 2. The van der Waals surface area contributed by atoms with Crippen molar-refractivity contribution in [3.8, 4) is 11.5 Å². The van der Waals surface area contributed by atoms with E-state index in [1.807, 2.05) is 6.07 Å². The molecule has 3 aromatic carbocycles. The predicted octanol–water partition coefficient (Wildman–Crippen LogP) is 3.26. The summed E-state index contributed by atoms with van der Waals surface area (Å²) in [6.45, 7) is 1.17. The molecule has 0 heterocycles. The Kier molecular flexibility index (Phi) is 8.86. The molecule has 0 aromatic heterocycles. The van der Waals surface area contributed by atoms with Gasteiger partial charge in [-0.05, 0) is 48.9 Å². The Hall–Kier alpha value is -4.38. The largest absolute Gasteiger partial charge is 0.497 e. The number of methoxy groups -OCH3 is 2. The third-order valence-electron chi connectivity index (χ3n) is 5.29. The van der Waals surface area contributed by atoms with Crippen LogP contribution in [0.15, 0.2) is 77.9 Å². The molecule has 0 aliphatic carbocycles. The fraction of sp³-hybridized carbons (Fsp3) is 0.192. The summed E-state index contributed by atoms with van der Waals surface area (Å²) in [4.78, 5) is 24.9. The maximum absolute atomic E-state index is 12.6. The van der Waals surface area contributed by atoms with Crippen molar-refractivity contribution < 1.29 is 27.5 Å². The third kappa shape index (κ3) is 7.31. The molecule has 0 unspecified atom stereocenters. The van der Waals surface area contributed by atoms with Gasteiger partial charge < -0.3 is 14.8 Å². The van der Waals surface area contributed by atoms with Crippen LogP contribution in [0.2, 0.25) is 0 Å². The quantitative estimate of drug-likeness (QED) is 0.310. The first-order valence-corrected chi connectivity index (χ1v) is 13.0. The summed E-state index contributed by atoms with van der Waals surface area (Å²) in [5, 5.41) is 6.90. The molecule has 0 aliphatic heterocycles. The van der Waals surface area contributed by atoms with Gasteiger partial charge in [-0.15, -0.1) is 0 Å². The minimum absolute atomic E-state index is 0.161. The van der Waals surface area contributed by atoms with Gasteiger partial charge in [0.15, 0.2) is 0 Å². The van der Waals surface area contributed by atoms with Crippen LogP contribution in [0.25, 0.3) is 0 Å². The summed E-state index contributed by atoms with van der Waals surface area (Å²) in [5.74, 6) is -0.212. The summed E-state index contributed by atoms with van der Waals surface area (Å²) in [6.07, 6.45) is 0.992. The zero-order chi connectivity index (χ0) is 27.0. The Morgan fingerprint density at radius 3 is 2.19 bits per heavy atom. The molecule has 0 radical (unpaired) electrons. The van der Waals surface area contributed by atoms with Crippen LogP contribution in [-0.4, -0.2) is 53.0 Å². The number of carbonyl (C=O) groups excluding carboxylic acids is 2. The summed E-state index contributed by atoms with van der Waals surface area (Å²) in [7, 11) is -0.993. The molecule has 10 nitrogen and oxygen atoms in total. The molecular weight excluding hydrogens is 496 g/mol. The lowest BCUT2D eigenvalue weighted by molar-refractivity contribution is -0.119. The van der Waals surface area contributed by atoms with Gasteiger partial charge in [0.2, 0.25) is 10.0 Å². The Labute approximate surface area is 216 Å². The number of hydrazone groups is 1. The predicted molar refractivity (Wildman–Crippen MR) is 143 cm³/mol. The Morgan fingerprint density at radius 1 is 0.919 bits per heavy atom. The number of benzene rings is 3. The van der Waals surface area contributed by atoms with Crippen LogP contribution in [0, 0.1) is 0 Å². The zero-order valence-electron chi connectivity index (χ0n) is 20.9. The van der Waals surface area contributed by atoms with E-state index in [4.69, 9.17) is 9.47 Å². The molecule has 194 valence electrons. The highest BCUT2D eigenvalue weighted by molar-refractivity contribution is 7.92. The van der Waals surface area contributed by atoms with Crippen molar-refractivity contribution in [2.24, 2.45) is 5.10 Å². The molecule has 0 atom stereocenters. The Balaban J connectivity index is 1.69. The first-order valence-electron chi connectivity index (χ1n) is 11.1. The molecule has 0 saturated carbocycles. The van der Waals surface area contributed by atoms with Gasteiger partial charge in [0, 0.05) is 17.3 Å². The number of amides is 2. The fourth-order valence-electron chi connectivity index (χ4n) is 3.34. The smallest absolute Gasteiger partial charge is 0.260 e. The van der Waals surface area contributed by atoms with Gasteiger partial charge in [0.25, 0.3) is 11.8 Å². The number of ether oxygens (including phenoxy) is 2. The van der Waals surface area contributed by atoms with E-state index in [0.717, 1.165) is 10.6 Å². The van der Waals surface area contributed by atoms with E-state index in [1.54, 1.807) is 67.6 Å². The van der Waals surface area contributed by atoms with Crippen molar-refractivity contribution in [3.05, 3.63) is 83.9 Å². The van der Waals surface area contributed by atoms with Gasteiger partial charge in [-0.2, -0.15) is 5.10 Å². The highest BCUT2D eigenvalue weighted by atomic mass is 32.2. The first-order chi connectivity index (χ1) is 17.6. The number of sulfonamides is 1. The molecule has 0 fully saturated rings. The second-order valence-electron chi connectivity index (χ2n) is 7.94. The molecule has 3 rings (SSSR count). The first kappa shape index (κ1) is 27.2. The lowest BCUT2D eigenvalue weighted by atomic mass is 10.1. The van der Waals surface area contributed by atoms with Crippen LogP contribution >= 0.6 is 0 Å². The van der Waals surface area contributed by atoms with Crippen molar-refractivity contribution >= 4 is 38.9 Å². The average Bonchev–Trinajstić information content (AvgIpc) is 2.90. The Morgan fingerprint density at radius 2 is 1.59 bits per heavy atom. The van der Waals surface area contributed by atoms with Crippen molar-refractivity contribution in [2.75, 3.05) is 36.6 Å². The SMILES string of the molecule is COc1ccc(OC)c(N(CC(=O)N/N=C(/C)c2ccc(NC(=O)c3ccccc3)cc2)S(C)(=O)=O)c1. The topological polar surface area (TPSA) is 126 Å². The van der Waals surface area contributed by atoms with Gasteiger partial charge in [0.1, 0.15) is 18.0 Å². The van der Waals surface area contributed by atoms with Crippen LogP contribution in [0.1, 0.15) is 22.8 Å². The minimum atomic E-state index is -3.84. The third-order valence-corrected chi connectivity index (χ3v) is 6.41. The second-order valence-corrected chi connectivity index (χ2v) is 9.84. The van der Waals surface area contributed by atoms with Crippen LogP contribution in [-0.2, 0) is 14.8 Å². The van der Waals surface area contributed by atoms with Crippen LogP contribution in [0.3, 0.4) is 0 Å². The van der Waals surface area contributed by atoms with Crippen molar-refractivity contribution in [1.29, 1.82) is 0 Å². The number of carbonyl (C=O) groups is 2. The fourth-order valence-corrected chi connectivity index (χ4v) is 4.19. The van der Waals surface area contributed by atoms with Gasteiger partial charge in [-0.1, -0.05) is 30.3 Å². The molecule has 0 spiro atoms.